The molecule has 0 bridgehead atoms. The number of nitrogens with zero attached hydrogens (tertiary/aromatic N) is 4. The predicted molar refractivity (Wildman–Crippen MR) is 138 cm³/mol. The Morgan fingerprint density at radius 2 is 1.95 bits per heavy atom. The van der Waals surface area contributed by atoms with Crippen molar-refractivity contribution in [2.75, 3.05) is 18.8 Å². The number of halogens is 3. The van der Waals surface area contributed by atoms with Gasteiger partial charge >= 0.3 is 6.18 Å². The van der Waals surface area contributed by atoms with E-state index >= 15 is 0 Å². The number of carbonyl (C=O) groups excluding carboxylic acids is 2. The lowest BCUT2D eigenvalue weighted by molar-refractivity contribution is -0.137. The molecule has 0 aliphatic carbocycles. The van der Waals surface area contributed by atoms with Gasteiger partial charge in [-0.3, -0.25) is 14.3 Å². The summed E-state index contributed by atoms with van der Waals surface area (Å²) in [5.41, 5.74) is 0.819. The van der Waals surface area contributed by atoms with E-state index in [9.17, 15) is 22.8 Å². The number of benzene rings is 2. The van der Waals surface area contributed by atoms with Crippen molar-refractivity contribution in [2.45, 2.75) is 18.5 Å². The molecule has 0 saturated carbocycles. The number of thioether (sulfide) groups is 1. The van der Waals surface area contributed by atoms with E-state index in [0.29, 0.717) is 23.0 Å². The first-order chi connectivity index (χ1) is 17.6. The van der Waals surface area contributed by atoms with E-state index in [4.69, 9.17) is 0 Å². The summed E-state index contributed by atoms with van der Waals surface area (Å²) in [4.78, 5) is 32.8. The second-order valence-corrected chi connectivity index (χ2v) is 11.0. The molecular formula is C25H22F3N5O2S2. The van der Waals surface area contributed by atoms with Crippen LogP contribution in [0.1, 0.15) is 30.7 Å². The van der Waals surface area contributed by atoms with Gasteiger partial charge in [0.25, 0.3) is 11.8 Å². The van der Waals surface area contributed by atoms with Crippen LogP contribution >= 0.6 is 23.1 Å². The molecule has 37 heavy (non-hydrogen) atoms. The Morgan fingerprint density at radius 3 is 2.73 bits per heavy atom. The van der Waals surface area contributed by atoms with Crippen molar-refractivity contribution in [3.05, 3.63) is 69.7 Å². The fourth-order valence-electron chi connectivity index (χ4n) is 4.31. The number of amides is 2. The Bertz CT molecular complexity index is 1500. The van der Waals surface area contributed by atoms with Gasteiger partial charge in [0, 0.05) is 36.8 Å². The Morgan fingerprint density at radius 1 is 1.16 bits per heavy atom. The maximum Gasteiger partial charge on any atom is 0.416 e. The number of fused-ring (bicyclic) bond motifs is 1. The van der Waals surface area contributed by atoms with E-state index < -0.39 is 11.7 Å². The van der Waals surface area contributed by atoms with E-state index in [2.05, 4.69) is 15.4 Å². The Hall–Kier alpha value is -3.38. The van der Waals surface area contributed by atoms with Gasteiger partial charge in [0.15, 0.2) is 5.69 Å². The lowest BCUT2D eigenvalue weighted by Gasteiger charge is -2.23. The minimum Gasteiger partial charge on any atom is -0.348 e. The molecule has 1 unspecified atom stereocenters. The van der Waals surface area contributed by atoms with E-state index in [1.54, 1.807) is 23.6 Å². The van der Waals surface area contributed by atoms with Crippen LogP contribution in [-0.2, 0) is 13.2 Å². The molecular weight excluding hydrogens is 523 g/mol. The molecule has 12 heteroatoms. The van der Waals surface area contributed by atoms with Crippen molar-refractivity contribution in [3.63, 3.8) is 0 Å². The Kier molecular flexibility index (Phi) is 6.71. The fourth-order valence-corrected chi connectivity index (χ4v) is 6.36. The Labute approximate surface area is 218 Å². The largest absolute Gasteiger partial charge is 0.416 e. The summed E-state index contributed by atoms with van der Waals surface area (Å²) in [7, 11) is 1.77. The standard InChI is InChI=1S/C25H22F3N5O2S2/c1-14-30-20(15-6-5-7-16(12-15)25(26,27)28)22(37-14)24(35)33-10-11-36-19(33)13-29-23(34)21-17-8-3-4-9-18(17)32(2)31-21/h3-9,12,19H,10-11,13H2,1-2H3,(H,29,34). The van der Waals surface area contributed by atoms with Crippen molar-refractivity contribution in [1.82, 2.24) is 25.0 Å². The number of hydrogen-bond donors (Lipinski definition) is 1. The number of carbonyl (C=O) groups is 2. The summed E-state index contributed by atoms with van der Waals surface area (Å²) in [6.45, 7) is 2.37. The van der Waals surface area contributed by atoms with E-state index in [-0.39, 0.29) is 39.9 Å². The summed E-state index contributed by atoms with van der Waals surface area (Å²) < 4.78 is 41.5. The maximum atomic E-state index is 13.6. The van der Waals surface area contributed by atoms with Crippen LogP contribution in [0.5, 0.6) is 0 Å². The minimum atomic E-state index is -4.50. The summed E-state index contributed by atoms with van der Waals surface area (Å²) >= 11 is 2.69. The average Bonchev–Trinajstić information content (AvgIpc) is 3.59. The second kappa shape index (κ2) is 9.82. The van der Waals surface area contributed by atoms with Gasteiger partial charge < -0.3 is 10.2 Å². The predicted octanol–water partition coefficient (Wildman–Crippen LogP) is 4.97. The quantitative estimate of drug-likeness (QED) is 0.383. The molecule has 192 valence electrons. The molecule has 1 saturated heterocycles. The summed E-state index contributed by atoms with van der Waals surface area (Å²) in [5.74, 6) is 0.0238. The average molecular weight is 546 g/mol. The smallest absolute Gasteiger partial charge is 0.348 e. The fraction of sp³-hybridized carbons (Fsp3) is 0.280. The van der Waals surface area contributed by atoms with Crippen molar-refractivity contribution < 1.29 is 22.8 Å². The molecule has 4 aromatic rings. The lowest BCUT2D eigenvalue weighted by atomic mass is 10.1. The molecule has 5 rings (SSSR count). The van der Waals surface area contributed by atoms with Crippen LogP contribution in [0.25, 0.3) is 22.2 Å². The monoisotopic (exact) mass is 545 g/mol. The molecule has 1 fully saturated rings. The van der Waals surface area contributed by atoms with Crippen molar-refractivity contribution in [2.24, 2.45) is 7.05 Å². The van der Waals surface area contributed by atoms with Crippen LogP contribution in [0.4, 0.5) is 13.2 Å². The highest BCUT2D eigenvalue weighted by atomic mass is 32.2. The first-order valence-electron chi connectivity index (χ1n) is 11.4. The van der Waals surface area contributed by atoms with Crippen LogP contribution < -0.4 is 5.32 Å². The van der Waals surface area contributed by atoms with Gasteiger partial charge in [-0.25, -0.2) is 4.98 Å². The molecule has 0 spiro atoms. The van der Waals surface area contributed by atoms with Crippen molar-refractivity contribution in [3.8, 4) is 11.3 Å². The van der Waals surface area contributed by atoms with Crippen LogP contribution in [0.2, 0.25) is 0 Å². The highest BCUT2D eigenvalue weighted by molar-refractivity contribution is 8.00. The molecule has 2 aromatic heterocycles. The first kappa shape index (κ1) is 25.3. The zero-order chi connectivity index (χ0) is 26.3. The topological polar surface area (TPSA) is 80.1 Å². The van der Waals surface area contributed by atoms with E-state index in [1.807, 2.05) is 24.3 Å². The molecule has 3 heterocycles. The van der Waals surface area contributed by atoms with E-state index in [1.165, 1.54) is 23.9 Å². The molecule has 1 N–H and O–H groups in total. The third-order valence-electron chi connectivity index (χ3n) is 6.05. The SMILES string of the molecule is Cc1nc(-c2cccc(C(F)(F)F)c2)c(C(=O)N2CCSC2CNC(=O)c2nn(C)c3ccccc23)s1. The third kappa shape index (κ3) is 4.95. The number of rotatable bonds is 5. The first-order valence-corrected chi connectivity index (χ1v) is 13.3. The number of para-hydroxylation sites is 1. The molecule has 0 radical (unpaired) electrons. The van der Waals surface area contributed by atoms with E-state index in [0.717, 1.165) is 34.4 Å². The van der Waals surface area contributed by atoms with Crippen LogP contribution in [-0.4, -0.2) is 55.7 Å². The number of nitrogens with one attached hydrogen (secondary N) is 1. The molecule has 2 amide bonds. The molecule has 1 aliphatic rings. The highest BCUT2D eigenvalue weighted by Gasteiger charge is 2.35. The molecule has 1 aliphatic heterocycles. The van der Waals surface area contributed by atoms with Crippen LogP contribution in [0.15, 0.2) is 48.5 Å². The van der Waals surface area contributed by atoms with Gasteiger partial charge in [-0.15, -0.1) is 23.1 Å². The number of aromatic nitrogens is 3. The molecule has 1 atom stereocenters. The number of thiazole rings is 1. The lowest BCUT2D eigenvalue weighted by Crippen LogP contribution is -2.42. The number of hydrogen-bond acceptors (Lipinski definition) is 6. The zero-order valence-electron chi connectivity index (χ0n) is 19.9. The summed E-state index contributed by atoms with van der Waals surface area (Å²) in [5, 5.41) is 8.22. The van der Waals surface area contributed by atoms with Gasteiger partial charge in [0.2, 0.25) is 0 Å². The van der Waals surface area contributed by atoms with Crippen molar-refractivity contribution in [1.29, 1.82) is 0 Å². The van der Waals surface area contributed by atoms with Gasteiger partial charge in [-0.2, -0.15) is 18.3 Å². The van der Waals surface area contributed by atoms with Crippen LogP contribution in [0, 0.1) is 6.92 Å². The summed E-state index contributed by atoms with van der Waals surface area (Å²) in [6, 6.07) is 12.3. The number of aryl methyl sites for hydroxylation is 2. The number of alkyl halides is 3. The Balaban J connectivity index is 1.35. The van der Waals surface area contributed by atoms with Gasteiger partial charge in [0.1, 0.15) is 4.88 Å². The van der Waals surface area contributed by atoms with Gasteiger partial charge in [-0.1, -0.05) is 30.3 Å². The molecule has 7 nitrogen and oxygen atoms in total. The second-order valence-electron chi connectivity index (χ2n) is 8.51. The minimum absolute atomic E-state index is 0.205. The van der Waals surface area contributed by atoms with Gasteiger partial charge in [0.05, 0.1) is 27.2 Å². The van der Waals surface area contributed by atoms with Crippen LogP contribution in [0.3, 0.4) is 0 Å². The van der Waals surface area contributed by atoms with Crippen molar-refractivity contribution >= 4 is 45.8 Å². The van der Waals surface area contributed by atoms with Gasteiger partial charge in [-0.05, 0) is 25.1 Å². The third-order valence-corrected chi connectivity index (χ3v) is 8.24. The normalized spacial score (nSPS) is 15.9. The molecule has 2 aromatic carbocycles. The highest BCUT2D eigenvalue weighted by Crippen LogP contribution is 2.36. The summed E-state index contributed by atoms with van der Waals surface area (Å²) in [6.07, 6.45) is -4.50. The maximum absolute atomic E-state index is 13.6. The zero-order valence-corrected chi connectivity index (χ0v) is 21.5.